The second-order valence-corrected chi connectivity index (χ2v) is 6.04. The highest BCUT2D eigenvalue weighted by atomic mass is 32.1. The summed E-state index contributed by atoms with van der Waals surface area (Å²) in [5.41, 5.74) is 0.419. The number of aryl methyl sites for hydroxylation is 1. The van der Waals surface area contributed by atoms with Gasteiger partial charge in [0.05, 0.1) is 0 Å². The first kappa shape index (κ1) is 12.8. The molecule has 0 unspecified atom stereocenters. The van der Waals surface area contributed by atoms with Crippen LogP contribution in [0.15, 0.2) is 0 Å². The zero-order chi connectivity index (χ0) is 12.3. The second-order valence-electron chi connectivity index (χ2n) is 5.65. The minimum Gasteiger partial charge on any atom is -0.304 e. The molecule has 1 N–H and O–H groups in total. The lowest BCUT2D eigenvalue weighted by molar-refractivity contribution is 0.180. The molecular weight excluding hydrogens is 230 g/mol. The standard InChI is InChI=1S/C13H23N3S/c1-3-7-11-14-15-12(17)16(11)10-13(2)8-5-4-6-9-13/h3-10H2,1-2H3,(H,15,17). The number of nitrogens with zero attached hydrogens (tertiary/aromatic N) is 2. The van der Waals surface area contributed by atoms with Crippen LogP contribution in [0.3, 0.4) is 0 Å². The molecule has 96 valence electrons. The number of H-pyrrole nitrogens is 1. The highest BCUT2D eigenvalue weighted by Crippen LogP contribution is 2.37. The molecule has 0 spiro atoms. The Balaban J connectivity index is 2.16. The third-order valence-electron chi connectivity index (χ3n) is 3.91. The number of hydrogen-bond donors (Lipinski definition) is 1. The predicted octanol–water partition coefficient (Wildman–Crippen LogP) is 3.86. The molecule has 0 saturated heterocycles. The lowest BCUT2D eigenvalue weighted by atomic mass is 9.75. The van der Waals surface area contributed by atoms with E-state index in [2.05, 4.69) is 28.6 Å². The molecule has 17 heavy (non-hydrogen) atoms. The molecule has 4 heteroatoms. The van der Waals surface area contributed by atoms with Crippen LogP contribution in [-0.2, 0) is 13.0 Å². The fraction of sp³-hybridized carbons (Fsp3) is 0.846. The number of aromatic nitrogens is 3. The van der Waals surface area contributed by atoms with Gasteiger partial charge >= 0.3 is 0 Å². The Morgan fingerprint density at radius 1 is 1.35 bits per heavy atom. The molecular formula is C13H23N3S. The summed E-state index contributed by atoms with van der Waals surface area (Å²) in [5.74, 6) is 1.13. The van der Waals surface area contributed by atoms with E-state index >= 15 is 0 Å². The summed E-state index contributed by atoms with van der Waals surface area (Å²) in [5, 5.41) is 7.29. The first-order valence-electron chi connectivity index (χ1n) is 6.79. The van der Waals surface area contributed by atoms with E-state index < -0.39 is 0 Å². The summed E-state index contributed by atoms with van der Waals surface area (Å²) < 4.78 is 3.02. The van der Waals surface area contributed by atoms with Crippen LogP contribution in [0.1, 0.15) is 58.2 Å². The normalized spacial score (nSPS) is 19.4. The molecule has 0 aliphatic heterocycles. The van der Waals surface area contributed by atoms with Crippen molar-refractivity contribution in [1.29, 1.82) is 0 Å². The van der Waals surface area contributed by atoms with Gasteiger partial charge in [0.15, 0.2) is 4.77 Å². The molecule has 1 heterocycles. The van der Waals surface area contributed by atoms with Crippen LogP contribution in [0.25, 0.3) is 0 Å². The molecule has 0 amide bonds. The molecule has 1 aliphatic carbocycles. The minimum atomic E-state index is 0.419. The monoisotopic (exact) mass is 253 g/mol. The summed E-state index contributed by atoms with van der Waals surface area (Å²) in [7, 11) is 0. The first-order chi connectivity index (χ1) is 8.14. The summed E-state index contributed by atoms with van der Waals surface area (Å²) in [6.07, 6.45) is 8.92. The molecule has 1 saturated carbocycles. The van der Waals surface area contributed by atoms with Crippen molar-refractivity contribution in [3.8, 4) is 0 Å². The predicted molar refractivity (Wildman–Crippen MR) is 72.6 cm³/mol. The zero-order valence-corrected chi connectivity index (χ0v) is 11.8. The fourth-order valence-corrected chi connectivity index (χ4v) is 3.09. The van der Waals surface area contributed by atoms with E-state index in [0.29, 0.717) is 5.41 Å². The van der Waals surface area contributed by atoms with Crippen LogP contribution in [0, 0.1) is 10.2 Å². The van der Waals surface area contributed by atoms with Gasteiger partial charge in [0.1, 0.15) is 5.82 Å². The van der Waals surface area contributed by atoms with Crippen molar-refractivity contribution >= 4 is 12.2 Å². The summed E-state index contributed by atoms with van der Waals surface area (Å²) in [4.78, 5) is 0. The van der Waals surface area contributed by atoms with Gasteiger partial charge in [-0.05, 0) is 36.9 Å². The van der Waals surface area contributed by atoms with Crippen molar-refractivity contribution in [3.63, 3.8) is 0 Å². The van der Waals surface area contributed by atoms with Gasteiger partial charge in [0.2, 0.25) is 0 Å². The highest BCUT2D eigenvalue weighted by molar-refractivity contribution is 7.71. The number of rotatable bonds is 4. The highest BCUT2D eigenvalue weighted by Gasteiger charge is 2.28. The van der Waals surface area contributed by atoms with Gasteiger partial charge in [0.25, 0.3) is 0 Å². The average Bonchev–Trinajstić information content (AvgIpc) is 2.63. The largest absolute Gasteiger partial charge is 0.304 e. The smallest absolute Gasteiger partial charge is 0.195 e. The Labute approximate surface area is 109 Å². The molecule has 0 bridgehead atoms. The van der Waals surface area contributed by atoms with Gasteiger partial charge in [-0.3, -0.25) is 5.10 Å². The Kier molecular flexibility index (Phi) is 4.02. The Bertz CT molecular complexity index is 413. The molecule has 1 aliphatic rings. The molecule has 2 rings (SSSR count). The second kappa shape index (κ2) is 5.34. The van der Waals surface area contributed by atoms with E-state index in [-0.39, 0.29) is 0 Å². The molecule has 0 radical (unpaired) electrons. The van der Waals surface area contributed by atoms with Crippen LogP contribution >= 0.6 is 12.2 Å². The third-order valence-corrected chi connectivity index (χ3v) is 4.22. The zero-order valence-electron chi connectivity index (χ0n) is 11.0. The van der Waals surface area contributed by atoms with Crippen molar-refractivity contribution < 1.29 is 0 Å². The van der Waals surface area contributed by atoms with E-state index in [0.717, 1.165) is 30.0 Å². The van der Waals surface area contributed by atoms with Crippen molar-refractivity contribution in [2.24, 2.45) is 5.41 Å². The van der Waals surface area contributed by atoms with E-state index in [1.807, 2.05) is 0 Å². The van der Waals surface area contributed by atoms with Crippen molar-refractivity contribution in [1.82, 2.24) is 14.8 Å². The molecule has 1 aromatic heterocycles. The van der Waals surface area contributed by atoms with E-state index in [1.54, 1.807) is 0 Å². The van der Waals surface area contributed by atoms with Gasteiger partial charge in [-0.25, -0.2) is 0 Å². The molecule has 1 aromatic rings. The molecule has 3 nitrogen and oxygen atoms in total. The summed E-state index contributed by atoms with van der Waals surface area (Å²) >= 11 is 5.35. The van der Waals surface area contributed by atoms with Crippen LogP contribution in [0.4, 0.5) is 0 Å². The van der Waals surface area contributed by atoms with E-state index in [4.69, 9.17) is 12.2 Å². The van der Waals surface area contributed by atoms with Crippen molar-refractivity contribution in [2.45, 2.75) is 65.3 Å². The summed E-state index contributed by atoms with van der Waals surface area (Å²) in [6.45, 7) is 5.62. The molecule has 1 fully saturated rings. The maximum atomic E-state index is 5.35. The average molecular weight is 253 g/mol. The van der Waals surface area contributed by atoms with E-state index in [9.17, 15) is 0 Å². The molecule has 0 atom stereocenters. The van der Waals surface area contributed by atoms with Crippen LogP contribution in [-0.4, -0.2) is 14.8 Å². The van der Waals surface area contributed by atoms with Gasteiger partial charge in [-0.1, -0.05) is 33.1 Å². The maximum absolute atomic E-state index is 5.35. The van der Waals surface area contributed by atoms with Gasteiger partial charge in [-0.15, -0.1) is 0 Å². The topological polar surface area (TPSA) is 33.6 Å². The number of hydrogen-bond acceptors (Lipinski definition) is 2. The van der Waals surface area contributed by atoms with Gasteiger partial charge < -0.3 is 4.57 Å². The van der Waals surface area contributed by atoms with Crippen LogP contribution in [0.5, 0.6) is 0 Å². The molecule has 0 aromatic carbocycles. The number of nitrogens with one attached hydrogen (secondary N) is 1. The first-order valence-corrected chi connectivity index (χ1v) is 7.19. The van der Waals surface area contributed by atoms with Crippen LogP contribution in [0.2, 0.25) is 0 Å². The SMILES string of the molecule is CCCc1n[nH]c(=S)n1CC1(C)CCCCC1. The third kappa shape index (κ3) is 2.97. The van der Waals surface area contributed by atoms with Gasteiger partial charge in [0, 0.05) is 13.0 Å². The van der Waals surface area contributed by atoms with E-state index in [1.165, 1.54) is 32.1 Å². The fourth-order valence-electron chi connectivity index (χ4n) is 2.87. The summed E-state index contributed by atoms with van der Waals surface area (Å²) in [6, 6.07) is 0. The quantitative estimate of drug-likeness (QED) is 0.827. The Morgan fingerprint density at radius 3 is 2.71 bits per heavy atom. The lowest BCUT2D eigenvalue weighted by Gasteiger charge is -2.34. The number of aromatic amines is 1. The maximum Gasteiger partial charge on any atom is 0.195 e. The lowest BCUT2D eigenvalue weighted by Crippen LogP contribution is -2.27. The minimum absolute atomic E-state index is 0.419. The van der Waals surface area contributed by atoms with Crippen molar-refractivity contribution in [3.05, 3.63) is 10.6 Å². The van der Waals surface area contributed by atoms with Crippen molar-refractivity contribution in [2.75, 3.05) is 0 Å². The Morgan fingerprint density at radius 2 is 2.06 bits per heavy atom. The van der Waals surface area contributed by atoms with Gasteiger partial charge in [-0.2, -0.15) is 5.10 Å². The van der Waals surface area contributed by atoms with Crippen LogP contribution < -0.4 is 0 Å². The Hall–Kier alpha value is -0.640.